The van der Waals surface area contributed by atoms with E-state index >= 15 is 0 Å². The average molecular weight is 316 g/mol. The van der Waals surface area contributed by atoms with E-state index in [2.05, 4.69) is 28.3 Å². The molecular formula is C16H33N3OS. The van der Waals surface area contributed by atoms with Gasteiger partial charge in [0.15, 0.2) is 0 Å². The number of amides is 1. The standard InChI is InChI=1S/C16H33N3OS/c1-14(13-21-4)19-10-7-15(8-11-19)5-6-16(20)17-9-12-18(2)3/h14-15H,5-13H2,1-4H3,(H,17,20)/t14-/m0/s1. The Hall–Kier alpha value is -0.260. The fourth-order valence-corrected chi connectivity index (χ4v) is 3.56. The van der Waals surface area contributed by atoms with E-state index in [1.807, 2.05) is 25.9 Å². The van der Waals surface area contributed by atoms with Gasteiger partial charge in [0.1, 0.15) is 0 Å². The fourth-order valence-electron chi connectivity index (χ4n) is 2.87. The van der Waals surface area contributed by atoms with Gasteiger partial charge in [-0.05, 0) is 65.5 Å². The number of nitrogens with zero attached hydrogens (tertiary/aromatic N) is 2. The second-order valence-corrected chi connectivity index (χ2v) is 7.39. The summed E-state index contributed by atoms with van der Waals surface area (Å²) >= 11 is 1.93. The van der Waals surface area contributed by atoms with E-state index in [9.17, 15) is 4.79 Å². The first-order valence-electron chi connectivity index (χ1n) is 8.17. The average Bonchev–Trinajstić information content (AvgIpc) is 2.45. The van der Waals surface area contributed by atoms with Gasteiger partial charge in [-0.15, -0.1) is 0 Å². The molecule has 1 aliphatic rings. The van der Waals surface area contributed by atoms with Crippen molar-refractivity contribution >= 4 is 17.7 Å². The van der Waals surface area contributed by atoms with Crippen LogP contribution in [0.1, 0.15) is 32.6 Å². The van der Waals surface area contributed by atoms with Crippen molar-refractivity contribution in [1.29, 1.82) is 0 Å². The number of hydrogen-bond acceptors (Lipinski definition) is 4. The van der Waals surface area contributed by atoms with Crippen molar-refractivity contribution in [3.8, 4) is 0 Å². The lowest BCUT2D eigenvalue weighted by Crippen LogP contribution is -2.41. The van der Waals surface area contributed by atoms with Gasteiger partial charge in [-0.2, -0.15) is 11.8 Å². The van der Waals surface area contributed by atoms with Crippen LogP contribution in [0.4, 0.5) is 0 Å². The molecule has 1 rings (SSSR count). The van der Waals surface area contributed by atoms with Gasteiger partial charge < -0.3 is 10.2 Å². The van der Waals surface area contributed by atoms with E-state index in [0.29, 0.717) is 12.5 Å². The number of piperidine rings is 1. The Labute approximate surface area is 135 Å². The monoisotopic (exact) mass is 315 g/mol. The molecule has 1 aliphatic heterocycles. The molecule has 0 aromatic carbocycles. The maximum Gasteiger partial charge on any atom is 0.220 e. The quantitative estimate of drug-likeness (QED) is 0.705. The fraction of sp³-hybridized carbons (Fsp3) is 0.938. The summed E-state index contributed by atoms with van der Waals surface area (Å²) in [6, 6.07) is 0.690. The van der Waals surface area contributed by atoms with E-state index in [4.69, 9.17) is 0 Å². The minimum atomic E-state index is 0.218. The predicted octanol–water partition coefficient (Wildman–Crippen LogP) is 1.91. The van der Waals surface area contributed by atoms with Crippen LogP contribution in [-0.4, -0.2) is 74.0 Å². The lowest BCUT2D eigenvalue weighted by molar-refractivity contribution is -0.121. The van der Waals surface area contributed by atoms with Gasteiger partial charge in [0.2, 0.25) is 5.91 Å². The van der Waals surface area contributed by atoms with Crippen LogP contribution in [0, 0.1) is 5.92 Å². The zero-order chi connectivity index (χ0) is 15.7. The molecule has 0 aromatic heterocycles. The van der Waals surface area contributed by atoms with Gasteiger partial charge in [-0.25, -0.2) is 0 Å². The Kier molecular flexibility index (Phi) is 9.36. The minimum absolute atomic E-state index is 0.218. The van der Waals surface area contributed by atoms with Crippen LogP contribution in [0.3, 0.4) is 0 Å². The van der Waals surface area contributed by atoms with E-state index in [0.717, 1.165) is 25.4 Å². The molecule has 5 heteroatoms. The van der Waals surface area contributed by atoms with Gasteiger partial charge in [-0.1, -0.05) is 0 Å². The molecule has 1 saturated heterocycles. The lowest BCUT2D eigenvalue weighted by Gasteiger charge is -2.35. The largest absolute Gasteiger partial charge is 0.355 e. The lowest BCUT2D eigenvalue weighted by atomic mass is 9.91. The second-order valence-electron chi connectivity index (χ2n) is 6.48. The third-order valence-corrected chi connectivity index (χ3v) is 5.16. The molecule has 0 bridgehead atoms. The highest BCUT2D eigenvalue weighted by Gasteiger charge is 2.22. The number of thioether (sulfide) groups is 1. The van der Waals surface area contributed by atoms with E-state index in [-0.39, 0.29) is 5.91 Å². The van der Waals surface area contributed by atoms with Crippen molar-refractivity contribution in [1.82, 2.24) is 15.1 Å². The minimum Gasteiger partial charge on any atom is -0.355 e. The van der Waals surface area contributed by atoms with E-state index < -0.39 is 0 Å². The molecule has 4 nitrogen and oxygen atoms in total. The highest BCUT2D eigenvalue weighted by molar-refractivity contribution is 7.98. The number of nitrogens with one attached hydrogen (secondary N) is 1. The van der Waals surface area contributed by atoms with Gasteiger partial charge in [0.05, 0.1) is 0 Å². The zero-order valence-electron chi connectivity index (χ0n) is 14.2. The molecule has 0 unspecified atom stereocenters. The molecule has 0 saturated carbocycles. The van der Waals surface area contributed by atoms with Crippen molar-refractivity contribution in [2.75, 3.05) is 52.3 Å². The molecule has 0 radical (unpaired) electrons. The number of rotatable bonds is 9. The van der Waals surface area contributed by atoms with Crippen molar-refractivity contribution in [3.05, 3.63) is 0 Å². The van der Waals surface area contributed by atoms with Gasteiger partial charge in [0, 0.05) is 31.3 Å². The van der Waals surface area contributed by atoms with Crippen molar-refractivity contribution < 1.29 is 4.79 Å². The van der Waals surface area contributed by atoms with Crippen LogP contribution in [-0.2, 0) is 4.79 Å². The molecule has 0 spiro atoms. The van der Waals surface area contributed by atoms with E-state index in [1.54, 1.807) is 0 Å². The number of hydrogen-bond donors (Lipinski definition) is 1. The first-order valence-corrected chi connectivity index (χ1v) is 9.56. The molecule has 124 valence electrons. The van der Waals surface area contributed by atoms with Crippen LogP contribution in [0.15, 0.2) is 0 Å². The summed E-state index contributed by atoms with van der Waals surface area (Å²) in [5.41, 5.74) is 0. The van der Waals surface area contributed by atoms with Crippen molar-refractivity contribution in [2.24, 2.45) is 5.92 Å². The van der Waals surface area contributed by atoms with Crippen LogP contribution in [0.5, 0.6) is 0 Å². The Balaban J connectivity index is 2.11. The second kappa shape index (κ2) is 10.5. The summed E-state index contributed by atoms with van der Waals surface area (Å²) in [5, 5.41) is 3.00. The number of carbonyl (C=O) groups excluding carboxylic acids is 1. The maximum absolute atomic E-state index is 11.8. The number of likely N-dealkylation sites (N-methyl/N-ethyl adjacent to an activating group) is 1. The zero-order valence-corrected chi connectivity index (χ0v) is 15.0. The van der Waals surface area contributed by atoms with Gasteiger partial charge >= 0.3 is 0 Å². The Morgan fingerprint density at radius 2 is 2.05 bits per heavy atom. The summed E-state index contributed by atoms with van der Waals surface area (Å²) in [7, 11) is 4.05. The summed E-state index contributed by atoms with van der Waals surface area (Å²) in [5.74, 6) is 2.18. The molecule has 1 amide bonds. The van der Waals surface area contributed by atoms with Gasteiger partial charge in [0.25, 0.3) is 0 Å². The Morgan fingerprint density at radius 1 is 1.38 bits per heavy atom. The van der Waals surface area contributed by atoms with Crippen molar-refractivity contribution in [3.63, 3.8) is 0 Å². The number of carbonyl (C=O) groups is 1. The first kappa shape index (κ1) is 18.8. The highest BCUT2D eigenvalue weighted by Crippen LogP contribution is 2.23. The summed E-state index contributed by atoms with van der Waals surface area (Å²) < 4.78 is 0. The summed E-state index contributed by atoms with van der Waals surface area (Å²) in [6.45, 7) is 6.41. The third kappa shape index (κ3) is 8.07. The Morgan fingerprint density at radius 3 is 2.62 bits per heavy atom. The summed E-state index contributed by atoms with van der Waals surface area (Å²) in [4.78, 5) is 16.5. The van der Waals surface area contributed by atoms with E-state index in [1.165, 1.54) is 31.7 Å². The Bertz CT molecular complexity index is 291. The SMILES string of the molecule is CSC[C@H](C)N1CCC(CCC(=O)NCCN(C)C)CC1. The van der Waals surface area contributed by atoms with Crippen LogP contribution >= 0.6 is 11.8 Å². The molecule has 1 N–H and O–H groups in total. The molecule has 1 atom stereocenters. The first-order chi connectivity index (χ1) is 10.0. The molecule has 0 aliphatic carbocycles. The normalized spacial score (nSPS) is 18.9. The molecule has 21 heavy (non-hydrogen) atoms. The highest BCUT2D eigenvalue weighted by atomic mass is 32.2. The van der Waals surface area contributed by atoms with Crippen LogP contribution < -0.4 is 5.32 Å². The maximum atomic E-state index is 11.8. The smallest absolute Gasteiger partial charge is 0.220 e. The van der Waals surface area contributed by atoms with Crippen molar-refractivity contribution in [2.45, 2.75) is 38.6 Å². The summed E-state index contributed by atoms with van der Waals surface area (Å²) in [6.07, 6.45) is 6.43. The van der Waals surface area contributed by atoms with Gasteiger partial charge in [-0.3, -0.25) is 9.69 Å². The predicted molar refractivity (Wildman–Crippen MR) is 92.9 cm³/mol. The molecule has 0 aromatic rings. The van der Waals surface area contributed by atoms with Crippen LogP contribution in [0.25, 0.3) is 0 Å². The third-order valence-electron chi connectivity index (χ3n) is 4.34. The molecular weight excluding hydrogens is 282 g/mol. The number of likely N-dealkylation sites (tertiary alicyclic amines) is 1. The molecule has 1 fully saturated rings. The van der Waals surface area contributed by atoms with Crippen LogP contribution in [0.2, 0.25) is 0 Å². The topological polar surface area (TPSA) is 35.6 Å². The molecule has 1 heterocycles.